The number of piperidine rings is 1. The lowest BCUT2D eigenvalue weighted by Gasteiger charge is -2.35. The molecule has 0 aromatic carbocycles. The van der Waals surface area contributed by atoms with Gasteiger partial charge >= 0.3 is 12.1 Å². The van der Waals surface area contributed by atoms with Crippen LogP contribution in [0.3, 0.4) is 0 Å². The first-order valence-corrected chi connectivity index (χ1v) is 8.82. The van der Waals surface area contributed by atoms with E-state index in [0.717, 1.165) is 18.9 Å². The maximum absolute atomic E-state index is 13.0. The largest absolute Gasteiger partial charge is 0.469 e. The van der Waals surface area contributed by atoms with Crippen molar-refractivity contribution in [3.8, 4) is 0 Å². The molecule has 0 aromatic rings. The number of halogens is 3. The number of carbonyl (C=O) groups excluding carboxylic acids is 2. The zero-order chi connectivity index (χ0) is 20.2. The molecule has 2 unspecified atom stereocenters. The van der Waals surface area contributed by atoms with Crippen molar-refractivity contribution in [1.82, 2.24) is 4.90 Å². The lowest BCUT2D eigenvalue weighted by molar-refractivity contribution is -0.237. The lowest BCUT2D eigenvalue weighted by Crippen LogP contribution is -2.45. The molecule has 0 spiro atoms. The second-order valence-electron chi connectivity index (χ2n) is 6.92. The number of allylic oxidation sites excluding steroid dienone is 3. The van der Waals surface area contributed by atoms with Gasteiger partial charge in [-0.3, -0.25) is 9.59 Å². The maximum atomic E-state index is 13.0. The van der Waals surface area contributed by atoms with Gasteiger partial charge in [-0.1, -0.05) is 18.2 Å². The fourth-order valence-electron chi connectivity index (χ4n) is 3.23. The smallest absolute Gasteiger partial charge is 0.420 e. The van der Waals surface area contributed by atoms with E-state index >= 15 is 0 Å². The van der Waals surface area contributed by atoms with Gasteiger partial charge in [0.25, 0.3) is 5.91 Å². The second kappa shape index (κ2) is 8.29. The summed E-state index contributed by atoms with van der Waals surface area (Å²) in [6, 6.07) is -0.294. The van der Waals surface area contributed by atoms with Crippen LogP contribution in [0.1, 0.15) is 39.0 Å². The van der Waals surface area contributed by atoms with E-state index in [1.54, 1.807) is 4.90 Å². The number of ether oxygens (including phenoxy) is 1. The number of esters is 1. The van der Waals surface area contributed by atoms with Gasteiger partial charge in [0.15, 0.2) is 5.60 Å². The Morgan fingerprint density at radius 3 is 2.63 bits per heavy atom. The summed E-state index contributed by atoms with van der Waals surface area (Å²) in [7, 11) is 1.28. The molecule has 1 heterocycles. The van der Waals surface area contributed by atoms with E-state index in [-0.39, 0.29) is 35.9 Å². The van der Waals surface area contributed by atoms with Gasteiger partial charge in [-0.15, -0.1) is 0 Å². The summed E-state index contributed by atoms with van der Waals surface area (Å²) in [5, 5.41) is 9.84. The van der Waals surface area contributed by atoms with Crippen LogP contribution in [0.15, 0.2) is 35.5 Å². The maximum Gasteiger partial charge on any atom is 0.420 e. The van der Waals surface area contributed by atoms with Crippen molar-refractivity contribution < 1.29 is 32.6 Å². The summed E-state index contributed by atoms with van der Waals surface area (Å²) in [4.78, 5) is 26.1. The molecule has 0 aromatic heterocycles. The van der Waals surface area contributed by atoms with Gasteiger partial charge in [-0.2, -0.15) is 13.2 Å². The van der Waals surface area contributed by atoms with E-state index in [0.29, 0.717) is 19.9 Å². The van der Waals surface area contributed by atoms with Crippen LogP contribution in [0.25, 0.3) is 0 Å². The first kappa shape index (κ1) is 21.2. The van der Waals surface area contributed by atoms with Crippen molar-refractivity contribution in [2.75, 3.05) is 13.7 Å². The molecule has 8 heteroatoms. The molecular weight excluding hydrogens is 363 g/mol. The van der Waals surface area contributed by atoms with Crippen molar-refractivity contribution in [3.05, 3.63) is 35.5 Å². The molecule has 1 amide bonds. The van der Waals surface area contributed by atoms with E-state index in [9.17, 15) is 27.9 Å². The first-order chi connectivity index (χ1) is 12.6. The van der Waals surface area contributed by atoms with E-state index < -0.39 is 17.7 Å². The van der Waals surface area contributed by atoms with Crippen LogP contribution in [0, 0.1) is 0 Å². The lowest BCUT2D eigenvalue weighted by atomic mass is 9.92. The number of hydrogen-bond donors (Lipinski definition) is 1. The number of methoxy groups -OCH3 is 1. The number of carbonyl (C=O) groups is 2. The Balaban J connectivity index is 2.23. The number of likely N-dealkylation sites (tertiary alicyclic amines) is 1. The number of rotatable bonds is 4. The van der Waals surface area contributed by atoms with Gasteiger partial charge in [-0.25, -0.2) is 0 Å². The molecule has 1 N–H and O–H groups in total. The van der Waals surface area contributed by atoms with Crippen LogP contribution in [-0.2, 0) is 14.3 Å². The summed E-state index contributed by atoms with van der Waals surface area (Å²) < 4.78 is 43.8. The molecule has 1 saturated heterocycles. The van der Waals surface area contributed by atoms with Crippen LogP contribution in [0.5, 0.6) is 0 Å². The van der Waals surface area contributed by atoms with Gasteiger partial charge in [0.2, 0.25) is 0 Å². The highest BCUT2D eigenvalue weighted by molar-refractivity contribution is 5.97. The number of aliphatic hydroxyl groups is 1. The predicted octanol–water partition coefficient (Wildman–Crippen LogP) is 3.06. The minimum absolute atomic E-state index is 0.0864. The summed E-state index contributed by atoms with van der Waals surface area (Å²) in [6.07, 6.45) is 2.85. The molecule has 2 aliphatic rings. The summed E-state index contributed by atoms with van der Waals surface area (Å²) in [6.45, 7) is 1.17. The molecule has 150 valence electrons. The van der Waals surface area contributed by atoms with E-state index in [4.69, 9.17) is 0 Å². The van der Waals surface area contributed by atoms with Crippen LogP contribution >= 0.6 is 0 Å². The Morgan fingerprint density at radius 1 is 1.30 bits per heavy atom. The average molecular weight is 387 g/mol. The highest BCUT2D eigenvalue weighted by Crippen LogP contribution is 2.38. The zero-order valence-corrected chi connectivity index (χ0v) is 15.4. The van der Waals surface area contributed by atoms with E-state index in [2.05, 4.69) is 4.74 Å². The molecule has 5 nitrogen and oxygen atoms in total. The Labute approximate surface area is 156 Å². The molecule has 0 saturated carbocycles. The molecule has 0 radical (unpaired) electrons. The molecule has 2 rings (SSSR count). The molecule has 27 heavy (non-hydrogen) atoms. The molecule has 2 atom stereocenters. The second-order valence-corrected chi connectivity index (χ2v) is 6.92. The summed E-state index contributed by atoms with van der Waals surface area (Å²) in [5.74, 6) is -0.752. The Kier molecular flexibility index (Phi) is 6.51. The van der Waals surface area contributed by atoms with Crippen LogP contribution in [0.4, 0.5) is 13.2 Å². The highest BCUT2D eigenvalue weighted by atomic mass is 19.4. The Bertz CT molecular complexity index is 677. The van der Waals surface area contributed by atoms with Gasteiger partial charge in [0, 0.05) is 18.2 Å². The van der Waals surface area contributed by atoms with Crippen molar-refractivity contribution >= 4 is 11.9 Å². The van der Waals surface area contributed by atoms with Crippen LogP contribution in [0.2, 0.25) is 0 Å². The van der Waals surface area contributed by atoms with Gasteiger partial charge < -0.3 is 14.7 Å². The number of amides is 1. The number of hydrogen-bond acceptors (Lipinski definition) is 4. The third-order valence-corrected chi connectivity index (χ3v) is 5.04. The average Bonchev–Trinajstić information content (AvgIpc) is 2.87. The summed E-state index contributed by atoms with van der Waals surface area (Å²) >= 11 is 0. The Morgan fingerprint density at radius 2 is 2.00 bits per heavy atom. The van der Waals surface area contributed by atoms with Gasteiger partial charge in [-0.05, 0) is 44.3 Å². The monoisotopic (exact) mass is 387 g/mol. The van der Waals surface area contributed by atoms with E-state index in [1.807, 2.05) is 0 Å². The Hall–Kier alpha value is -2.09. The zero-order valence-electron chi connectivity index (χ0n) is 15.4. The molecule has 0 bridgehead atoms. The fraction of sp³-hybridized carbons (Fsp3) is 0.579. The third kappa shape index (κ3) is 4.80. The van der Waals surface area contributed by atoms with Crippen molar-refractivity contribution in [3.63, 3.8) is 0 Å². The van der Waals surface area contributed by atoms with Crippen molar-refractivity contribution in [2.45, 2.75) is 56.8 Å². The first-order valence-electron chi connectivity index (χ1n) is 8.82. The minimum Gasteiger partial charge on any atom is -0.469 e. The van der Waals surface area contributed by atoms with Gasteiger partial charge in [0.1, 0.15) is 0 Å². The van der Waals surface area contributed by atoms with Crippen LogP contribution < -0.4 is 0 Å². The molecule has 1 fully saturated rings. The van der Waals surface area contributed by atoms with Gasteiger partial charge in [0.05, 0.1) is 13.5 Å². The predicted molar refractivity (Wildman–Crippen MR) is 92.6 cm³/mol. The fourth-order valence-corrected chi connectivity index (χ4v) is 3.23. The molecule has 1 aliphatic heterocycles. The quantitative estimate of drug-likeness (QED) is 0.753. The van der Waals surface area contributed by atoms with E-state index in [1.165, 1.54) is 25.3 Å². The topological polar surface area (TPSA) is 66.8 Å². The number of nitrogens with zero attached hydrogens (tertiary/aromatic N) is 1. The number of alkyl halides is 3. The minimum atomic E-state index is -4.81. The third-order valence-electron chi connectivity index (χ3n) is 5.04. The van der Waals surface area contributed by atoms with Crippen LogP contribution in [-0.4, -0.2) is 53.4 Å². The molecule has 1 aliphatic carbocycles. The normalized spacial score (nSPS) is 23.0. The standard InChI is InChI=1S/C19H24F3NO4/c1-18(26,19(20,21)22)14-7-5-6-13(9-10-14)17(25)23-11-4-3-8-15(23)12-16(24)27-2/h5-6,9-10,15,26H,3-4,7-8,11-12H2,1-2H3. The SMILES string of the molecule is COC(=O)CC1CCCCN1C(=O)C1=CC=C(C(C)(O)C(F)(F)F)CC=C1. The van der Waals surface area contributed by atoms with Crippen molar-refractivity contribution in [1.29, 1.82) is 0 Å². The molecular formula is C19H24F3NO4. The summed E-state index contributed by atoms with van der Waals surface area (Å²) in [5.41, 5.74) is -2.98. The van der Waals surface area contributed by atoms with Crippen molar-refractivity contribution in [2.24, 2.45) is 0 Å². The highest BCUT2D eigenvalue weighted by Gasteiger charge is 2.51.